The van der Waals surface area contributed by atoms with E-state index in [0.717, 1.165) is 40.5 Å². The molecule has 1 aliphatic heterocycles. The molecule has 1 amide bonds. The molecule has 1 unspecified atom stereocenters. The monoisotopic (exact) mass is 448 g/mol. The lowest BCUT2D eigenvalue weighted by molar-refractivity contribution is -0.137. The van der Waals surface area contributed by atoms with Crippen LogP contribution in [0.3, 0.4) is 0 Å². The molecule has 1 aliphatic rings. The Kier molecular flexibility index (Phi) is 4.97. The Morgan fingerprint density at radius 1 is 1.19 bits per heavy atom. The zero-order chi connectivity index (χ0) is 22.5. The van der Waals surface area contributed by atoms with Crippen molar-refractivity contribution in [2.45, 2.75) is 26.1 Å². The van der Waals surface area contributed by atoms with Gasteiger partial charge in [-0.3, -0.25) is 14.5 Å². The van der Waals surface area contributed by atoms with Crippen LogP contribution in [0.1, 0.15) is 37.7 Å². The standard InChI is InChI=1S/C21H15F3N2O4S/c1-10-19(31-11(2)25-10)17(27)15-16(14-4-3-9-30-14)26(20(29)18(15)28)13-7-5-12(6-8-13)21(22,23)24/h3-9,16,28H,1-2H3. The predicted octanol–water partition coefficient (Wildman–Crippen LogP) is 5.15. The molecule has 4 rings (SSSR count). The van der Waals surface area contributed by atoms with E-state index in [2.05, 4.69) is 4.98 Å². The molecule has 31 heavy (non-hydrogen) atoms. The molecule has 1 N–H and O–H groups in total. The van der Waals surface area contributed by atoms with Gasteiger partial charge in [0, 0.05) is 5.69 Å². The first-order chi connectivity index (χ1) is 14.6. The number of amides is 1. The second kappa shape index (κ2) is 7.38. The van der Waals surface area contributed by atoms with Crippen molar-refractivity contribution in [1.29, 1.82) is 0 Å². The number of aromatic nitrogens is 1. The van der Waals surface area contributed by atoms with E-state index in [1.54, 1.807) is 19.9 Å². The molecular formula is C21H15F3N2O4S. The van der Waals surface area contributed by atoms with Crippen LogP contribution in [0.15, 0.2) is 58.4 Å². The number of furan rings is 1. The second-order valence-electron chi connectivity index (χ2n) is 6.88. The molecule has 3 aromatic rings. The Hall–Kier alpha value is -3.40. The minimum absolute atomic E-state index is 0.0750. The van der Waals surface area contributed by atoms with Crippen LogP contribution in [0.4, 0.5) is 18.9 Å². The first kappa shape index (κ1) is 20.9. The third-order valence-corrected chi connectivity index (χ3v) is 5.92. The smallest absolute Gasteiger partial charge is 0.416 e. The number of alkyl halides is 3. The topological polar surface area (TPSA) is 83.6 Å². The molecule has 0 radical (unpaired) electrons. The van der Waals surface area contributed by atoms with Crippen molar-refractivity contribution >= 4 is 28.7 Å². The number of aliphatic hydroxyl groups is 1. The van der Waals surface area contributed by atoms with Crippen LogP contribution < -0.4 is 4.90 Å². The van der Waals surface area contributed by atoms with Crippen LogP contribution in [0, 0.1) is 13.8 Å². The maximum Gasteiger partial charge on any atom is 0.416 e. The SMILES string of the molecule is Cc1nc(C)c(C(=O)C2=C(O)C(=O)N(c3ccc(C(F)(F)F)cc3)C2c2ccco2)s1. The summed E-state index contributed by atoms with van der Waals surface area (Å²) in [6, 6.07) is 5.80. The van der Waals surface area contributed by atoms with Gasteiger partial charge in [0.15, 0.2) is 5.76 Å². The van der Waals surface area contributed by atoms with Crippen LogP contribution in [0.25, 0.3) is 0 Å². The van der Waals surface area contributed by atoms with Gasteiger partial charge >= 0.3 is 6.18 Å². The molecular weight excluding hydrogens is 433 g/mol. The predicted molar refractivity (Wildman–Crippen MR) is 106 cm³/mol. The summed E-state index contributed by atoms with van der Waals surface area (Å²) in [5.41, 5.74) is -0.578. The van der Waals surface area contributed by atoms with E-state index in [-0.39, 0.29) is 21.9 Å². The van der Waals surface area contributed by atoms with E-state index in [0.29, 0.717) is 10.7 Å². The molecule has 10 heteroatoms. The molecule has 160 valence electrons. The number of Topliss-reactive ketones (excluding diaryl/α,β-unsaturated/α-hetero) is 1. The number of hydrogen-bond acceptors (Lipinski definition) is 6. The van der Waals surface area contributed by atoms with Gasteiger partial charge in [-0.1, -0.05) is 0 Å². The van der Waals surface area contributed by atoms with Crippen molar-refractivity contribution in [2.24, 2.45) is 0 Å². The number of aryl methyl sites for hydroxylation is 2. The number of anilines is 1. The summed E-state index contributed by atoms with van der Waals surface area (Å²) in [6.45, 7) is 3.36. The average molecular weight is 448 g/mol. The molecule has 2 aromatic heterocycles. The summed E-state index contributed by atoms with van der Waals surface area (Å²) >= 11 is 1.12. The Bertz CT molecular complexity index is 1190. The third-order valence-electron chi connectivity index (χ3n) is 4.85. The highest BCUT2D eigenvalue weighted by atomic mass is 32.1. The Balaban J connectivity index is 1.82. The van der Waals surface area contributed by atoms with Gasteiger partial charge in [0.1, 0.15) is 11.8 Å². The second-order valence-corrected chi connectivity index (χ2v) is 8.08. The number of ketones is 1. The number of benzene rings is 1. The number of nitrogens with zero attached hydrogens (tertiary/aromatic N) is 2. The van der Waals surface area contributed by atoms with Gasteiger partial charge in [0.05, 0.1) is 33.0 Å². The fraction of sp³-hybridized carbons (Fsp3) is 0.190. The molecule has 0 fully saturated rings. The van der Waals surface area contributed by atoms with E-state index in [1.807, 2.05) is 0 Å². The molecule has 0 aliphatic carbocycles. The average Bonchev–Trinajstić information content (AvgIpc) is 3.40. The van der Waals surface area contributed by atoms with Gasteiger partial charge in [-0.25, -0.2) is 4.98 Å². The lowest BCUT2D eigenvalue weighted by Crippen LogP contribution is -2.30. The Morgan fingerprint density at radius 2 is 1.87 bits per heavy atom. The maximum absolute atomic E-state index is 13.3. The van der Waals surface area contributed by atoms with Gasteiger partial charge in [0.25, 0.3) is 5.91 Å². The van der Waals surface area contributed by atoms with Gasteiger partial charge in [-0.05, 0) is 50.2 Å². The zero-order valence-corrected chi connectivity index (χ0v) is 17.0. The molecule has 6 nitrogen and oxygen atoms in total. The van der Waals surface area contributed by atoms with Crippen molar-refractivity contribution in [3.8, 4) is 0 Å². The van der Waals surface area contributed by atoms with Gasteiger partial charge in [-0.2, -0.15) is 13.2 Å². The molecule has 1 atom stereocenters. The number of aliphatic hydroxyl groups excluding tert-OH is 1. The normalized spacial score (nSPS) is 17.0. The first-order valence-corrected chi connectivity index (χ1v) is 9.87. The highest BCUT2D eigenvalue weighted by Gasteiger charge is 2.46. The fourth-order valence-electron chi connectivity index (χ4n) is 3.49. The summed E-state index contributed by atoms with van der Waals surface area (Å²) < 4.78 is 44.2. The van der Waals surface area contributed by atoms with Crippen LogP contribution in [-0.2, 0) is 11.0 Å². The molecule has 0 spiro atoms. The Morgan fingerprint density at radius 3 is 2.39 bits per heavy atom. The van der Waals surface area contributed by atoms with E-state index in [4.69, 9.17) is 4.42 Å². The first-order valence-electron chi connectivity index (χ1n) is 9.05. The van der Waals surface area contributed by atoms with Crippen LogP contribution in [-0.4, -0.2) is 21.8 Å². The number of carbonyl (C=O) groups is 2. The number of carbonyl (C=O) groups excluding carboxylic acids is 2. The molecule has 0 bridgehead atoms. The lowest BCUT2D eigenvalue weighted by Gasteiger charge is -2.25. The largest absolute Gasteiger partial charge is 0.503 e. The van der Waals surface area contributed by atoms with Crippen molar-refractivity contribution in [2.75, 3.05) is 4.90 Å². The minimum atomic E-state index is -4.54. The van der Waals surface area contributed by atoms with Crippen LogP contribution >= 0.6 is 11.3 Å². The van der Waals surface area contributed by atoms with Crippen LogP contribution in [0.5, 0.6) is 0 Å². The molecule has 0 saturated carbocycles. The number of hydrogen-bond donors (Lipinski definition) is 1. The number of halogens is 3. The molecule has 3 heterocycles. The zero-order valence-electron chi connectivity index (χ0n) is 16.2. The summed E-state index contributed by atoms with van der Waals surface area (Å²) in [6.07, 6.45) is -3.21. The van der Waals surface area contributed by atoms with E-state index < -0.39 is 35.2 Å². The van der Waals surface area contributed by atoms with Crippen molar-refractivity contribution < 1.29 is 32.3 Å². The highest BCUT2D eigenvalue weighted by molar-refractivity contribution is 7.14. The Labute approximate surface area is 178 Å². The number of thiazole rings is 1. The highest BCUT2D eigenvalue weighted by Crippen LogP contribution is 2.43. The summed E-state index contributed by atoms with van der Waals surface area (Å²) in [7, 11) is 0. The third kappa shape index (κ3) is 3.52. The van der Waals surface area contributed by atoms with E-state index in [9.17, 15) is 27.9 Å². The maximum atomic E-state index is 13.3. The van der Waals surface area contributed by atoms with Crippen molar-refractivity contribution in [3.63, 3.8) is 0 Å². The summed E-state index contributed by atoms with van der Waals surface area (Å²) in [5, 5.41) is 11.2. The van der Waals surface area contributed by atoms with Crippen LogP contribution in [0.2, 0.25) is 0 Å². The number of rotatable bonds is 4. The lowest BCUT2D eigenvalue weighted by atomic mass is 9.99. The molecule has 0 saturated heterocycles. The summed E-state index contributed by atoms with van der Waals surface area (Å²) in [5.74, 6) is -2.11. The van der Waals surface area contributed by atoms with E-state index >= 15 is 0 Å². The summed E-state index contributed by atoms with van der Waals surface area (Å²) in [4.78, 5) is 31.7. The minimum Gasteiger partial charge on any atom is -0.503 e. The van der Waals surface area contributed by atoms with E-state index in [1.165, 1.54) is 12.3 Å². The van der Waals surface area contributed by atoms with Gasteiger partial charge in [-0.15, -0.1) is 11.3 Å². The quantitative estimate of drug-likeness (QED) is 0.558. The fourth-order valence-corrected chi connectivity index (χ4v) is 4.37. The van der Waals surface area contributed by atoms with Crippen molar-refractivity contribution in [1.82, 2.24) is 4.98 Å². The molecule has 1 aromatic carbocycles. The van der Waals surface area contributed by atoms with Gasteiger partial charge < -0.3 is 9.52 Å². The van der Waals surface area contributed by atoms with Gasteiger partial charge in [0.2, 0.25) is 5.78 Å². The van der Waals surface area contributed by atoms with Crippen molar-refractivity contribution in [3.05, 3.63) is 80.9 Å².